The lowest BCUT2D eigenvalue weighted by molar-refractivity contribution is 0.0857. The van der Waals surface area contributed by atoms with Crippen LogP contribution in [-0.4, -0.2) is 32.2 Å². The zero-order valence-corrected chi connectivity index (χ0v) is 11.0. The van der Waals surface area contributed by atoms with E-state index in [0.29, 0.717) is 12.1 Å². The third-order valence-corrected chi connectivity index (χ3v) is 3.27. The van der Waals surface area contributed by atoms with E-state index in [-0.39, 0.29) is 12.0 Å². The van der Waals surface area contributed by atoms with Crippen LogP contribution in [0.25, 0.3) is 0 Å². The summed E-state index contributed by atoms with van der Waals surface area (Å²) in [6, 6.07) is 5.66. The first-order valence-electron chi connectivity index (χ1n) is 6.39. The molecule has 0 spiro atoms. The lowest BCUT2D eigenvalue weighted by Crippen LogP contribution is -2.31. The number of ether oxygens (including phenoxy) is 1. The van der Waals surface area contributed by atoms with Crippen molar-refractivity contribution < 1.29 is 9.53 Å². The van der Waals surface area contributed by atoms with Gasteiger partial charge in [-0.25, -0.2) is 0 Å². The topological polar surface area (TPSA) is 50.4 Å². The van der Waals surface area contributed by atoms with Crippen molar-refractivity contribution in [2.24, 2.45) is 0 Å². The van der Waals surface area contributed by atoms with Crippen LogP contribution < -0.4 is 10.6 Å². The Balaban J connectivity index is 1.93. The molecule has 4 heteroatoms. The summed E-state index contributed by atoms with van der Waals surface area (Å²) in [6.45, 7) is 3.41. The van der Waals surface area contributed by atoms with Gasteiger partial charge in [0, 0.05) is 31.5 Å². The number of carbonyl (C=O) groups excluding carboxylic acids is 1. The van der Waals surface area contributed by atoms with Gasteiger partial charge < -0.3 is 15.4 Å². The molecular weight excluding hydrogens is 228 g/mol. The monoisotopic (exact) mass is 248 g/mol. The molecule has 1 aromatic rings. The molecule has 18 heavy (non-hydrogen) atoms. The molecule has 1 saturated heterocycles. The van der Waals surface area contributed by atoms with Gasteiger partial charge in [-0.1, -0.05) is 0 Å². The Morgan fingerprint density at radius 1 is 1.50 bits per heavy atom. The second-order valence-electron chi connectivity index (χ2n) is 4.62. The van der Waals surface area contributed by atoms with Gasteiger partial charge in [-0.05, 0) is 43.5 Å². The number of benzene rings is 1. The Bertz CT molecular complexity index is 426. The maximum absolute atomic E-state index is 12.0. The second kappa shape index (κ2) is 5.87. The Kier molecular flexibility index (Phi) is 4.20. The number of aryl methyl sites for hydroxylation is 1. The summed E-state index contributed by atoms with van der Waals surface area (Å²) in [5.41, 5.74) is 2.82. The van der Waals surface area contributed by atoms with Crippen LogP contribution >= 0.6 is 0 Å². The average Bonchev–Trinajstić information content (AvgIpc) is 2.89. The summed E-state index contributed by atoms with van der Waals surface area (Å²) in [6.07, 6.45) is 2.32. The molecule has 0 aliphatic carbocycles. The minimum Gasteiger partial charge on any atom is -0.388 e. The normalized spacial score (nSPS) is 18.7. The second-order valence-corrected chi connectivity index (χ2v) is 4.62. The van der Waals surface area contributed by atoms with Gasteiger partial charge in [-0.2, -0.15) is 0 Å². The van der Waals surface area contributed by atoms with Crippen molar-refractivity contribution in [3.63, 3.8) is 0 Å². The first-order chi connectivity index (χ1) is 8.70. The SMILES string of the molecule is CNc1ccc(C(=O)NCC2CCCO2)cc1C. The number of hydrogen-bond donors (Lipinski definition) is 2. The highest BCUT2D eigenvalue weighted by molar-refractivity contribution is 5.94. The van der Waals surface area contributed by atoms with Crippen LogP contribution in [0.1, 0.15) is 28.8 Å². The number of amides is 1. The van der Waals surface area contributed by atoms with Crippen LogP contribution in [0, 0.1) is 6.92 Å². The molecule has 1 fully saturated rings. The molecule has 0 bridgehead atoms. The number of rotatable bonds is 4. The zero-order chi connectivity index (χ0) is 13.0. The highest BCUT2D eigenvalue weighted by Crippen LogP contribution is 2.16. The van der Waals surface area contributed by atoms with E-state index in [4.69, 9.17) is 4.74 Å². The molecule has 1 atom stereocenters. The van der Waals surface area contributed by atoms with E-state index >= 15 is 0 Å². The van der Waals surface area contributed by atoms with E-state index in [1.165, 1.54) is 0 Å². The minimum atomic E-state index is -0.0312. The summed E-state index contributed by atoms with van der Waals surface area (Å²) in [4.78, 5) is 12.0. The van der Waals surface area contributed by atoms with Crippen molar-refractivity contribution in [2.75, 3.05) is 25.5 Å². The van der Waals surface area contributed by atoms with E-state index in [1.807, 2.05) is 32.2 Å². The number of anilines is 1. The van der Waals surface area contributed by atoms with Crippen molar-refractivity contribution >= 4 is 11.6 Å². The van der Waals surface area contributed by atoms with E-state index in [9.17, 15) is 4.79 Å². The highest BCUT2D eigenvalue weighted by Gasteiger charge is 2.16. The third kappa shape index (κ3) is 3.01. The van der Waals surface area contributed by atoms with Gasteiger partial charge in [0.05, 0.1) is 6.10 Å². The van der Waals surface area contributed by atoms with Crippen LogP contribution in [0.4, 0.5) is 5.69 Å². The summed E-state index contributed by atoms with van der Waals surface area (Å²) < 4.78 is 5.47. The van der Waals surface area contributed by atoms with Crippen LogP contribution in [0.5, 0.6) is 0 Å². The fourth-order valence-electron chi connectivity index (χ4n) is 2.20. The Labute approximate surface area is 108 Å². The van der Waals surface area contributed by atoms with E-state index in [2.05, 4.69) is 10.6 Å². The minimum absolute atomic E-state index is 0.0312. The third-order valence-electron chi connectivity index (χ3n) is 3.27. The quantitative estimate of drug-likeness (QED) is 0.856. The Morgan fingerprint density at radius 3 is 2.94 bits per heavy atom. The predicted octanol–water partition coefficient (Wildman–Crippen LogP) is 1.95. The summed E-state index contributed by atoms with van der Waals surface area (Å²) in [5.74, 6) is -0.0312. The fraction of sp³-hybridized carbons (Fsp3) is 0.500. The molecule has 0 saturated carbocycles. The number of carbonyl (C=O) groups is 1. The summed E-state index contributed by atoms with van der Waals surface area (Å²) >= 11 is 0. The van der Waals surface area contributed by atoms with Gasteiger partial charge in [0.15, 0.2) is 0 Å². The van der Waals surface area contributed by atoms with Crippen molar-refractivity contribution in [2.45, 2.75) is 25.9 Å². The molecule has 4 nitrogen and oxygen atoms in total. The van der Waals surface area contributed by atoms with Crippen molar-refractivity contribution in [3.05, 3.63) is 29.3 Å². The van der Waals surface area contributed by atoms with Crippen LogP contribution in [0.2, 0.25) is 0 Å². The maximum atomic E-state index is 12.0. The molecule has 1 heterocycles. The fourth-order valence-corrected chi connectivity index (χ4v) is 2.20. The molecule has 1 amide bonds. The molecule has 2 rings (SSSR count). The number of nitrogens with one attached hydrogen (secondary N) is 2. The Morgan fingerprint density at radius 2 is 2.33 bits per heavy atom. The summed E-state index contributed by atoms with van der Waals surface area (Å²) in [7, 11) is 1.87. The van der Waals surface area contributed by atoms with Gasteiger partial charge in [0.2, 0.25) is 0 Å². The van der Waals surface area contributed by atoms with E-state index < -0.39 is 0 Å². The maximum Gasteiger partial charge on any atom is 0.251 e. The largest absolute Gasteiger partial charge is 0.388 e. The standard InChI is InChI=1S/C14H20N2O2/c1-10-8-11(5-6-13(10)15-2)14(17)16-9-12-4-3-7-18-12/h5-6,8,12,15H,3-4,7,9H2,1-2H3,(H,16,17). The van der Waals surface area contributed by atoms with Crippen LogP contribution in [0.3, 0.4) is 0 Å². The molecule has 2 N–H and O–H groups in total. The van der Waals surface area contributed by atoms with Crippen molar-refractivity contribution in [1.29, 1.82) is 0 Å². The van der Waals surface area contributed by atoms with Gasteiger partial charge in [0.25, 0.3) is 5.91 Å². The average molecular weight is 248 g/mol. The molecule has 98 valence electrons. The van der Waals surface area contributed by atoms with Gasteiger partial charge in [-0.15, -0.1) is 0 Å². The highest BCUT2D eigenvalue weighted by atomic mass is 16.5. The van der Waals surface area contributed by atoms with Crippen LogP contribution in [0.15, 0.2) is 18.2 Å². The number of hydrogen-bond acceptors (Lipinski definition) is 3. The van der Waals surface area contributed by atoms with Crippen molar-refractivity contribution in [3.8, 4) is 0 Å². The van der Waals surface area contributed by atoms with E-state index in [1.54, 1.807) is 0 Å². The molecule has 1 aliphatic rings. The van der Waals surface area contributed by atoms with Crippen molar-refractivity contribution in [1.82, 2.24) is 5.32 Å². The molecule has 1 unspecified atom stereocenters. The predicted molar refractivity (Wildman–Crippen MR) is 72.0 cm³/mol. The first-order valence-corrected chi connectivity index (χ1v) is 6.39. The molecule has 0 aromatic heterocycles. The Hall–Kier alpha value is -1.55. The van der Waals surface area contributed by atoms with Crippen LogP contribution in [-0.2, 0) is 4.74 Å². The van der Waals surface area contributed by atoms with Gasteiger partial charge in [0.1, 0.15) is 0 Å². The smallest absolute Gasteiger partial charge is 0.251 e. The summed E-state index contributed by atoms with van der Waals surface area (Å²) in [5, 5.41) is 6.01. The molecule has 1 aromatic carbocycles. The lowest BCUT2D eigenvalue weighted by atomic mass is 10.1. The molecule has 0 radical (unpaired) electrons. The first kappa shape index (κ1) is 12.9. The van der Waals surface area contributed by atoms with E-state index in [0.717, 1.165) is 30.7 Å². The zero-order valence-electron chi connectivity index (χ0n) is 11.0. The lowest BCUT2D eigenvalue weighted by Gasteiger charge is -2.12. The molecular formula is C14H20N2O2. The molecule has 1 aliphatic heterocycles. The van der Waals surface area contributed by atoms with Gasteiger partial charge in [-0.3, -0.25) is 4.79 Å². The van der Waals surface area contributed by atoms with Gasteiger partial charge >= 0.3 is 0 Å².